The molecule has 0 saturated carbocycles. The van der Waals surface area contributed by atoms with E-state index in [0.717, 1.165) is 33.6 Å². The van der Waals surface area contributed by atoms with Crippen LogP contribution in [-0.4, -0.2) is 4.98 Å². The molecule has 4 rings (SSSR count). The van der Waals surface area contributed by atoms with Gasteiger partial charge >= 0.3 is 0 Å². The molecule has 0 radical (unpaired) electrons. The highest BCUT2D eigenvalue weighted by molar-refractivity contribution is 6.37. The molecule has 1 aromatic heterocycles. The molecule has 0 bridgehead atoms. The van der Waals surface area contributed by atoms with E-state index in [4.69, 9.17) is 32.9 Å². The van der Waals surface area contributed by atoms with Crippen molar-refractivity contribution < 1.29 is 4.74 Å². The van der Waals surface area contributed by atoms with E-state index in [1.54, 1.807) is 12.1 Å². The van der Waals surface area contributed by atoms with E-state index in [2.05, 4.69) is 39.0 Å². The van der Waals surface area contributed by atoms with E-state index < -0.39 is 0 Å². The number of aromatic nitrogens is 1. The summed E-state index contributed by atoms with van der Waals surface area (Å²) in [5, 5.41) is 1.15. The van der Waals surface area contributed by atoms with Crippen LogP contribution in [0, 0.1) is 0 Å². The van der Waals surface area contributed by atoms with Crippen molar-refractivity contribution in [2.45, 2.75) is 32.8 Å². The first-order chi connectivity index (χ1) is 12.4. The zero-order chi connectivity index (χ0) is 18.5. The Hall–Kier alpha value is -2.03. The second kappa shape index (κ2) is 6.29. The molecule has 3 aromatic rings. The van der Waals surface area contributed by atoms with Gasteiger partial charge in [-0.1, -0.05) is 74.3 Å². The quantitative estimate of drug-likeness (QED) is 0.455. The number of hydrogen-bond donors (Lipinski definition) is 0. The summed E-state index contributed by atoms with van der Waals surface area (Å²) >= 11 is 12.9. The van der Waals surface area contributed by atoms with E-state index in [-0.39, 0.29) is 5.41 Å². The highest BCUT2D eigenvalue weighted by Gasteiger charge is 2.29. The molecule has 0 spiro atoms. The molecule has 0 aliphatic carbocycles. The Morgan fingerprint density at radius 2 is 1.65 bits per heavy atom. The summed E-state index contributed by atoms with van der Waals surface area (Å²) < 4.78 is 5.99. The fourth-order valence-corrected chi connectivity index (χ4v) is 3.67. The summed E-state index contributed by atoms with van der Waals surface area (Å²) in [5.74, 6) is 0.615. The summed E-state index contributed by atoms with van der Waals surface area (Å²) in [6.45, 7) is 6.91. The zero-order valence-electron chi connectivity index (χ0n) is 14.9. The van der Waals surface area contributed by atoms with Crippen molar-refractivity contribution >= 4 is 23.2 Å². The Morgan fingerprint density at radius 3 is 2.35 bits per heavy atom. The third-order valence-electron chi connectivity index (χ3n) is 4.63. The summed E-state index contributed by atoms with van der Waals surface area (Å²) in [6, 6.07) is 16.1. The van der Waals surface area contributed by atoms with E-state index in [1.807, 2.05) is 18.2 Å². The Balaban J connectivity index is 2.07. The van der Waals surface area contributed by atoms with Gasteiger partial charge in [-0.05, 0) is 29.3 Å². The monoisotopic (exact) mass is 383 g/mol. The molecule has 2 nitrogen and oxygen atoms in total. The molecular formula is C22H19Cl2NO. The number of ether oxygens (including phenoxy) is 1. The fraction of sp³-hybridized carbons (Fsp3) is 0.227. The zero-order valence-corrected chi connectivity index (χ0v) is 16.4. The van der Waals surface area contributed by atoms with Crippen molar-refractivity contribution in [1.82, 2.24) is 4.98 Å². The second-order valence-electron chi connectivity index (χ2n) is 7.52. The number of fused-ring (bicyclic) bond motifs is 3. The van der Waals surface area contributed by atoms with E-state index in [0.29, 0.717) is 22.4 Å². The van der Waals surface area contributed by atoms with Gasteiger partial charge in [0.15, 0.2) is 0 Å². The number of pyridine rings is 1. The van der Waals surface area contributed by atoms with E-state index in [9.17, 15) is 0 Å². The topological polar surface area (TPSA) is 22.1 Å². The summed E-state index contributed by atoms with van der Waals surface area (Å²) in [5.41, 5.74) is 5.87. The van der Waals surface area contributed by atoms with Gasteiger partial charge in [-0.15, -0.1) is 0 Å². The van der Waals surface area contributed by atoms with Gasteiger partial charge in [0, 0.05) is 16.7 Å². The average molecular weight is 384 g/mol. The lowest BCUT2D eigenvalue weighted by atomic mass is 9.86. The van der Waals surface area contributed by atoms with Crippen LogP contribution in [0.2, 0.25) is 10.0 Å². The Kier molecular flexibility index (Phi) is 4.21. The maximum absolute atomic E-state index is 6.53. The molecule has 2 aromatic carbocycles. The van der Waals surface area contributed by atoms with Crippen LogP contribution in [0.1, 0.15) is 32.0 Å². The maximum Gasteiger partial charge on any atom is 0.149 e. The minimum atomic E-state index is -0.0952. The molecule has 132 valence electrons. The van der Waals surface area contributed by atoms with E-state index >= 15 is 0 Å². The van der Waals surface area contributed by atoms with Gasteiger partial charge in [0.05, 0.1) is 21.3 Å². The fourth-order valence-electron chi connectivity index (χ4n) is 3.22. The highest BCUT2D eigenvalue weighted by atomic mass is 35.5. The van der Waals surface area contributed by atoms with Crippen molar-refractivity contribution in [3.05, 3.63) is 69.8 Å². The molecule has 1 aliphatic rings. The van der Waals surface area contributed by atoms with Crippen molar-refractivity contribution in [3.63, 3.8) is 0 Å². The van der Waals surface area contributed by atoms with E-state index in [1.165, 1.54) is 0 Å². The smallest absolute Gasteiger partial charge is 0.149 e. The second-order valence-corrected chi connectivity index (χ2v) is 8.33. The SMILES string of the molecule is CC(C)(C)c1cc(-c2ccccc2)c2c(n1)-c1c(Cl)ccc(Cl)c1OC2. The number of benzene rings is 2. The first kappa shape index (κ1) is 17.4. The lowest BCUT2D eigenvalue weighted by Gasteiger charge is -2.27. The van der Waals surface area contributed by atoms with Gasteiger partial charge < -0.3 is 4.74 Å². The van der Waals surface area contributed by atoms with Crippen LogP contribution >= 0.6 is 23.2 Å². The van der Waals surface area contributed by atoms with Crippen molar-refractivity contribution in [2.24, 2.45) is 0 Å². The molecule has 0 amide bonds. The van der Waals surface area contributed by atoms with Crippen molar-refractivity contribution in [2.75, 3.05) is 0 Å². The number of hydrogen-bond acceptors (Lipinski definition) is 2. The Labute approximate surface area is 163 Å². The standard InChI is InChI=1S/C22H19Cl2NO/c1-22(2,3)18-11-14(13-7-5-4-6-8-13)15-12-26-21-17(24)10-9-16(23)19(21)20(15)25-18/h4-11H,12H2,1-3H3. The Bertz CT molecular complexity index is 991. The van der Waals surface area contributed by atoms with Crippen LogP contribution in [-0.2, 0) is 12.0 Å². The molecule has 0 fully saturated rings. The third kappa shape index (κ3) is 2.87. The lowest BCUT2D eigenvalue weighted by molar-refractivity contribution is 0.302. The predicted octanol–water partition coefficient (Wildman–Crippen LogP) is 6.91. The van der Waals surface area contributed by atoms with Crippen LogP contribution < -0.4 is 4.74 Å². The summed E-state index contributed by atoms with van der Waals surface area (Å²) in [6.07, 6.45) is 0. The molecule has 0 N–H and O–H groups in total. The molecule has 0 unspecified atom stereocenters. The van der Waals surface area contributed by atoms with Gasteiger partial charge in [0.1, 0.15) is 12.4 Å². The normalized spacial score (nSPS) is 13.0. The minimum absolute atomic E-state index is 0.0952. The van der Waals surface area contributed by atoms with Crippen LogP contribution in [0.15, 0.2) is 48.5 Å². The van der Waals surface area contributed by atoms with Gasteiger partial charge in [0.25, 0.3) is 0 Å². The highest BCUT2D eigenvalue weighted by Crippen LogP contribution is 2.48. The molecule has 0 saturated heterocycles. The van der Waals surface area contributed by atoms with Gasteiger partial charge in [-0.3, -0.25) is 4.98 Å². The van der Waals surface area contributed by atoms with Crippen LogP contribution in [0.4, 0.5) is 0 Å². The van der Waals surface area contributed by atoms with Crippen LogP contribution in [0.25, 0.3) is 22.4 Å². The van der Waals surface area contributed by atoms with Crippen LogP contribution in [0.5, 0.6) is 5.75 Å². The molecule has 26 heavy (non-hydrogen) atoms. The predicted molar refractivity (Wildman–Crippen MR) is 108 cm³/mol. The van der Waals surface area contributed by atoms with Crippen molar-refractivity contribution in [1.29, 1.82) is 0 Å². The molecule has 0 atom stereocenters. The first-order valence-electron chi connectivity index (χ1n) is 8.57. The van der Waals surface area contributed by atoms with Crippen LogP contribution in [0.3, 0.4) is 0 Å². The molecular weight excluding hydrogens is 365 g/mol. The number of rotatable bonds is 1. The summed E-state index contributed by atoms with van der Waals surface area (Å²) in [4.78, 5) is 4.99. The Morgan fingerprint density at radius 1 is 0.962 bits per heavy atom. The van der Waals surface area contributed by atoms with Gasteiger partial charge in [0.2, 0.25) is 0 Å². The minimum Gasteiger partial charge on any atom is -0.486 e. The van der Waals surface area contributed by atoms with Crippen molar-refractivity contribution in [3.8, 4) is 28.1 Å². The first-order valence-corrected chi connectivity index (χ1v) is 9.33. The molecule has 1 aliphatic heterocycles. The average Bonchev–Trinajstić information content (AvgIpc) is 2.63. The van der Waals surface area contributed by atoms with Gasteiger partial charge in [-0.25, -0.2) is 0 Å². The lowest BCUT2D eigenvalue weighted by Crippen LogP contribution is -2.18. The number of halogens is 2. The maximum atomic E-state index is 6.53. The third-order valence-corrected chi connectivity index (χ3v) is 5.25. The number of nitrogens with zero attached hydrogens (tertiary/aromatic N) is 1. The molecule has 2 heterocycles. The van der Waals surface area contributed by atoms with Gasteiger partial charge in [-0.2, -0.15) is 0 Å². The molecule has 4 heteroatoms. The summed E-state index contributed by atoms with van der Waals surface area (Å²) in [7, 11) is 0. The largest absolute Gasteiger partial charge is 0.486 e.